The number of aromatic amines is 1. The summed E-state index contributed by atoms with van der Waals surface area (Å²) in [5.74, 6) is -0.242. The molecule has 6 heteroatoms. The van der Waals surface area contributed by atoms with Crippen LogP contribution in [0.2, 0.25) is 0 Å². The van der Waals surface area contributed by atoms with Gasteiger partial charge in [0.1, 0.15) is 5.82 Å². The van der Waals surface area contributed by atoms with Crippen molar-refractivity contribution in [2.45, 2.75) is 19.6 Å². The second-order valence-electron chi connectivity index (χ2n) is 7.73. The Morgan fingerprint density at radius 2 is 1.87 bits per heavy atom. The molecule has 1 aliphatic rings. The van der Waals surface area contributed by atoms with Crippen LogP contribution in [-0.2, 0) is 19.6 Å². The molecule has 0 spiro atoms. The van der Waals surface area contributed by atoms with E-state index in [0.717, 1.165) is 46.7 Å². The fourth-order valence-electron chi connectivity index (χ4n) is 4.14. The molecule has 0 bridgehead atoms. The van der Waals surface area contributed by atoms with E-state index in [9.17, 15) is 9.18 Å². The van der Waals surface area contributed by atoms with Gasteiger partial charge in [0.2, 0.25) is 5.56 Å². The number of nitrogens with one attached hydrogen (secondary N) is 1. The lowest BCUT2D eigenvalue weighted by molar-refractivity contribution is 0.346. The third kappa shape index (κ3) is 3.35. The molecule has 3 heterocycles. The van der Waals surface area contributed by atoms with Crippen LogP contribution >= 0.6 is 0 Å². The van der Waals surface area contributed by atoms with Crippen molar-refractivity contribution < 1.29 is 4.39 Å². The standard InChI is InChI=1S/C24H21FN4O/c1-28-14-20-22(15-28)27-29(24(20)19-7-2-3-8-21(19)25)13-16-5-4-6-17(11-16)18-9-10-26-23(30)12-18/h2-12H,13-15H2,1H3,(H,26,30). The van der Waals surface area contributed by atoms with E-state index in [4.69, 9.17) is 5.10 Å². The first-order chi connectivity index (χ1) is 14.6. The summed E-state index contributed by atoms with van der Waals surface area (Å²) in [6.45, 7) is 2.04. The molecule has 0 fully saturated rings. The Morgan fingerprint density at radius 3 is 2.70 bits per heavy atom. The first-order valence-electron chi connectivity index (χ1n) is 9.88. The van der Waals surface area contributed by atoms with E-state index >= 15 is 0 Å². The summed E-state index contributed by atoms with van der Waals surface area (Å²) >= 11 is 0. The minimum absolute atomic E-state index is 0.132. The number of hydrogen-bond acceptors (Lipinski definition) is 3. The fourth-order valence-corrected chi connectivity index (χ4v) is 4.14. The summed E-state index contributed by atoms with van der Waals surface area (Å²) in [5, 5.41) is 4.82. The third-order valence-electron chi connectivity index (χ3n) is 5.48. The van der Waals surface area contributed by atoms with E-state index in [-0.39, 0.29) is 11.4 Å². The van der Waals surface area contributed by atoms with E-state index in [1.807, 2.05) is 48.1 Å². The van der Waals surface area contributed by atoms with Crippen molar-refractivity contribution in [1.29, 1.82) is 0 Å². The molecule has 150 valence electrons. The maximum absolute atomic E-state index is 14.7. The van der Waals surface area contributed by atoms with E-state index < -0.39 is 0 Å². The monoisotopic (exact) mass is 400 g/mol. The van der Waals surface area contributed by atoms with E-state index in [1.165, 1.54) is 6.07 Å². The van der Waals surface area contributed by atoms with Crippen LogP contribution < -0.4 is 5.56 Å². The zero-order valence-corrected chi connectivity index (χ0v) is 16.6. The Hall–Kier alpha value is -3.51. The number of pyridine rings is 1. The van der Waals surface area contributed by atoms with Crippen molar-refractivity contribution in [2.24, 2.45) is 0 Å². The van der Waals surface area contributed by atoms with Gasteiger partial charge in [-0.2, -0.15) is 5.10 Å². The van der Waals surface area contributed by atoms with Gasteiger partial charge in [0.25, 0.3) is 0 Å². The van der Waals surface area contributed by atoms with Crippen molar-refractivity contribution >= 4 is 0 Å². The molecular formula is C24H21FN4O. The normalized spacial score (nSPS) is 13.5. The second-order valence-corrected chi connectivity index (χ2v) is 7.73. The minimum Gasteiger partial charge on any atom is -0.329 e. The molecule has 0 saturated carbocycles. The van der Waals surface area contributed by atoms with Gasteiger partial charge < -0.3 is 4.98 Å². The second kappa shape index (κ2) is 7.39. The van der Waals surface area contributed by atoms with Crippen LogP contribution in [0.3, 0.4) is 0 Å². The predicted molar refractivity (Wildman–Crippen MR) is 114 cm³/mol. The lowest BCUT2D eigenvalue weighted by Gasteiger charge is -2.13. The lowest BCUT2D eigenvalue weighted by Crippen LogP contribution is -2.13. The molecule has 2 aromatic heterocycles. The number of H-pyrrole nitrogens is 1. The van der Waals surface area contributed by atoms with Crippen LogP contribution in [0.1, 0.15) is 16.8 Å². The van der Waals surface area contributed by atoms with E-state index in [1.54, 1.807) is 18.3 Å². The summed E-state index contributed by atoms with van der Waals surface area (Å²) < 4.78 is 16.6. The molecule has 0 atom stereocenters. The Labute approximate surface area is 173 Å². The average molecular weight is 400 g/mol. The number of rotatable bonds is 4. The SMILES string of the molecule is CN1Cc2nn(Cc3cccc(-c4cc[nH]c(=O)c4)c3)c(-c3ccccc3F)c2C1. The van der Waals surface area contributed by atoms with Gasteiger partial charge in [0, 0.05) is 36.5 Å². The van der Waals surface area contributed by atoms with Gasteiger partial charge in [-0.15, -0.1) is 0 Å². The van der Waals surface area contributed by atoms with Gasteiger partial charge >= 0.3 is 0 Å². The van der Waals surface area contributed by atoms with Crippen molar-refractivity contribution in [2.75, 3.05) is 7.05 Å². The Bertz CT molecular complexity index is 1290. The van der Waals surface area contributed by atoms with Crippen molar-refractivity contribution in [3.05, 3.63) is 99.9 Å². The van der Waals surface area contributed by atoms with Gasteiger partial charge in [-0.1, -0.05) is 30.3 Å². The molecule has 5 nitrogen and oxygen atoms in total. The number of nitrogens with zero attached hydrogens (tertiary/aromatic N) is 3. The van der Waals surface area contributed by atoms with Crippen LogP contribution in [-0.4, -0.2) is 26.7 Å². The number of hydrogen-bond donors (Lipinski definition) is 1. The van der Waals surface area contributed by atoms with E-state index in [0.29, 0.717) is 12.1 Å². The molecule has 0 saturated heterocycles. The quantitative estimate of drug-likeness (QED) is 0.563. The topological polar surface area (TPSA) is 53.9 Å². The summed E-state index contributed by atoms with van der Waals surface area (Å²) in [6.07, 6.45) is 1.65. The number of benzene rings is 2. The van der Waals surface area contributed by atoms with E-state index in [2.05, 4.69) is 16.0 Å². The zero-order chi connectivity index (χ0) is 20.7. The lowest BCUT2D eigenvalue weighted by atomic mass is 10.0. The molecule has 4 aromatic rings. The molecule has 30 heavy (non-hydrogen) atoms. The van der Waals surface area contributed by atoms with Gasteiger partial charge in [0.05, 0.1) is 17.9 Å². The molecule has 0 radical (unpaired) electrons. The highest BCUT2D eigenvalue weighted by Crippen LogP contribution is 2.34. The molecule has 5 rings (SSSR count). The number of aromatic nitrogens is 3. The largest absolute Gasteiger partial charge is 0.329 e. The Morgan fingerprint density at radius 1 is 1.03 bits per heavy atom. The highest BCUT2D eigenvalue weighted by Gasteiger charge is 2.27. The highest BCUT2D eigenvalue weighted by atomic mass is 19.1. The first kappa shape index (κ1) is 18.5. The van der Waals surface area contributed by atoms with Gasteiger partial charge in [0.15, 0.2) is 0 Å². The summed E-state index contributed by atoms with van der Waals surface area (Å²) in [6, 6.07) is 18.4. The Balaban J connectivity index is 1.57. The number of fused-ring (bicyclic) bond motifs is 1. The smallest absolute Gasteiger partial charge is 0.248 e. The Kier molecular flexibility index (Phi) is 4.56. The van der Waals surface area contributed by atoms with Crippen LogP contribution in [0.4, 0.5) is 4.39 Å². The molecule has 2 aromatic carbocycles. The summed E-state index contributed by atoms with van der Waals surface area (Å²) in [5.41, 5.74) is 6.24. The van der Waals surface area contributed by atoms with Crippen molar-refractivity contribution in [3.63, 3.8) is 0 Å². The van der Waals surface area contributed by atoms with Crippen LogP contribution in [0.15, 0.2) is 71.7 Å². The molecule has 1 aliphatic heterocycles. The number of halogens is 1. The van der Waals surface area contributed by atoms with Gasteiger partial charge in [-0.25, -0.2) is 4.39 Å². The molecule has 1 N–H and O–H groups in total. The molecule has 0 unspecified atom stereocenters. The fraction of sp³-hybridized carbons (Fsp3) is 0.167. The van der Waals surface area contributed by atoms with Gasteiger partial charge in [-0.3, -0.25) is 14.4 Å². The molecular weight excluding hydrogens is 379 g/mol. The zero-order valence-electron chi connectivity index (χ0n) is 16.6. The van der Waals surface area contributed by atoms with Crippen molar-refractivity contribution in [1.82, 2.24) is 19.7 Å². The van der Waals surface area contributed by atoms with Crippen molar-refractivity contribution in [3.8, 4) is 22.4 Å². The molecule has 0 aliphatic carbocycles. The first-order valence-corrected chi connectivity index (χ1v) is 9.88. The average Bonchev–Trinajstić information content (AvgIpc) is 3.24. The van der Waals surface area contributed by atoms with Crippen LogP contribution in [0.25, 0.3) is 22.4 Å². The third-order valence-corrected chi connectivity index (χ3v) is 5.48. The van der Waals surface area contributed by atoms with Crippen LogP contribution in [0.5, 0.6) is 0 Å². The minimum atomic E-state index is -0.242. The maximum Gasteiger partial charge on any atom is 0.248 e. The predicted octanol–water partition coefficient (Wildman–Crippen LogP) is 4.04. The van der Waals surface area contributed by atoms with Gasteiger partial charge in [-0.05, 0) is 48.0 Å². The van der Waals surface area contributed by atoms with Crippen LogP contribution in [0, 0.1) is 5.82 Å². The molecule has 0 amide bonds. The highest BCUT2D eigenvalue weighted by molar-refractivity contribution is 5.67. The maximum atomic E-state index is 14.7. The summed E-state index contributed by atoms with van der Waals surface area (Å²) in [4.78, 5) is 16.5. The summed E-state index contributed by atoms with van der Waals surface area (Å²) in [7, 11) is 2.04.